The molecule has 0 atom stereocenters. The van der Waals surface area contributed by atoms with Crippen molar-refractivity contribution in [3.05, 3.63) is 35.8 Å². The van der Waals surface area contributed by atoms with Gasteiger partial charge in [-0.1, -0.05) is 0 Å². The van der Waals surface area contributed by atoms with Gasteiger partial charge >= 0.3 is 0 Å². The van der Waals surface area contributed by atoms with E-state index in [0.717, 1.165) is 30.3 Å². The van der Waals surface area contributed by atoms with Crippen molar-refractivity contribution in [1.82, 2.24) is 24.2 Å². The van der Waals surface area contributed by atoms with Crippen LogP contribution in [0.4, 0.5) is 0 Å². The van der Waals surface area contributed by atoms with Gasteiger partial charge in [0.15, 0.2) is 5.82 Å². The Morgan fingerprint density at radius 3 is 2.45 bits per heavy atom. The second-order valence-corrected chi connectivity index (χ2v) is 9.40. The van der Waals surface area contributed by atoms with Crippen LogP contribution in [0.3, 0.4) is 0 Å². The summed E-state index contributed by atoms with van der Waals surface area (Å²) in [5.74, 6) is 0.326. The Kier molecular flexibility index (Phi) is 4.84. The predicted molar refractivity (Wildman–Crippen MR) is 109 cm³/mol. The van der Waals surface area contributed by atoms with Crippen LogP contribution in [0, 0.1) is 18.3 Å². The van der Waals surface area contributed by atoms with E-state index in [0.29, 0.717) is 22.6 Å². The zero-order chi connectivity index (χ0) is 20.8. The second kappa shape index (κ2) is 7.21. The zero-order valence-corrected chi connectivity index (χ0v) is 17.4. The van der Waals surface area contributed by atoms with Crippen molar-refractivity contribution in [3.63, 3.8) is 0 Å². The molecule has 1 saturated carbocycles. The highest BCUT2D eigenvalue weighted by molar-refractivity contribution is 7.89. The number of rotatable bonds is 5. The standard InChI is InChI=1S/C20H22N6O2S/c1-12(2)25-29(27,28)15-10-23-20(24-11-15)19-16(8-21)18-17(7-13(3)9-22-18)26(19)14-5-4-6-14/h7,9-12,14,25H,4-6H2,1-3H3. The molecule has 4 rings (SSSR count). The summed E-state index contributed by atoms with van der Waals surface area (Å²) in [5.41, 5.74) is 3.55. The lowest BCUT2D eigenvalue weighted by molar-refractivity contribution is 0.323. The van der Waals surface area contributed by atoms with Crippen LogP contribution in [0.15, 0.2) is 29.6 Å². The van der Waals surface area contributed by atoms with Crippen molar-refractivity contribution in [3.8, 4) is 17.6 Å². The van der Waals surface area contributed by atoms with Crippen molar-refractivity contribution in [2.24, 2.45) is 0 Å². The Hall–Kier alpha value is -2.83. The lowest BCUT2D eigenvalue weighted by Gasteiger charge is -2.29. The van der Waals surface area contributed by atoms with Gasteiger partial charge in [0.25, 0.3) is 0 Å². The lowest BCUT2D eigenvalue weighted by Crippen LogP contribution is -2.30. The third-order valence-electron chi connectivity index (χ3n) is 5.07. The molecule has 0 amide bonds. The lowest BCUT2D eigenvalue weighted by atomic mass is 9.92. The maximum Gasteiger partial charge on any atom is 0.243 e. The SMILES string of the molecule is Cc1cnc2c(C#N)c(-c3ncc(S(=O)(=O)NC(C)C)cn3)n(C3CCC3)c2c1. The molecule has 29 heavy (non-hydrogen) atoms. The first kappa shape index (κ1) is 19.5. The molecule has 3 heterocycles. The molecule has 0 saturated heterocycles. The van der Waals surface area contributed by atoms with Crippen molar-refractivity contribution >= 4 is 21.1 Å². The van der Waals surface area contributed by atoms with E-state index in [9.17, 15) is 13.7 Å². The topological polar surface area (TPSA) is 114 Å². The van der Waals surface area contributed by atoms with Gasteiger partial charge in [0.2, 0.25) is 10.0 Å². The van der Waals surface area contributed by atoms with Crippen LogP contribution in [-0.4, -0.2) is 34.0 Å². The van der Waals surface area contributed by atoms with E-state index >= 15 is 0 Å². The van der Waals surface area contributed by atoms with Crippen molar-refractivity contribution in [2.45, 2.75) is 57.0 Å². The average Bonchev–Trinajstić information content (AvgIpc) is 2.93. The summed E-state index contributed by atoms with van der Waals surface area (Å²) in [4.78, 5) is 13.1. The first-order valence-corrected chi connectivity index (χ1v) is 11.1. The van der Waals surface area contributed by atoms with E-state index in [2.05, 4.69) is 30.3 Å². The van der Waals surface area contributed by atoms with Crippen molar-refractivity contribution < 1.29 is 8.42 Å². The molecule has 1 aliphatic carbocycles. The Labute approximate surface area is 169 Å². The number of fused-ring (bicyclic) bond motifs is 1. The normalized spacial score (nSPS) is 14.9. The first-order chi connectivity index (χ1) is 13.8. The van der Waals surface area contributed by atoms with Crippen LogP contribution in [0.5, 0.6) is 0 Å². The molecular weight excluding hydrogens is 388 g/mol. The number of sulfonamides is 1. The zero-order valence-electron chi connectivity index (χ0n) is 16.5. The van der Waals surface area contributed by atoms with Gasteiger partial charge in [-0.3, -0.25) is 4.98 Å². The molecule has 0 aromatic carbocycles. The second-order valence-electron chi connectivity index (χ2n) is 7.69. The van der Waals surface area contributed by atoms with Crippen molar-refractivity contribution in [1.29, 1.82) is 5.26 Å². The Bertz CT molecular complexity index is 1220. The molecule has 9 heteroatoms. The van der Waals surface area contributed by atoms with Gasteiger partial charge in [-0.25, -0.2) is 23.1 Å². The number of nitriles is 1. The fourth-order valence-electron chi connectivity index (χ4n) is 3.59. The number of pyridine rings is 1. The predicted octanol–water partition coefficient (Wildman–Crippen LogP) is 3.09. The number of hydrogen-bond acceptors (Lipinski definition) is 6. The minimum absolute atomic E-state index is 0.00580. The molecular formula is C20H22N6O2S. The third kappa shape index (κ3) is 3.39. The number of aryl methyl sites for hydroxylation is 1. The molecule has 0 unspecified atom stereocenters. The monoisotopic (exact) mass is 410 g/mol. The van der Waals surface area contributed by atoms with E-state index in [1.807, 2.05) is 13.0 Å². The summed E-state index contributed by atoms with van der Waals surface area (Å²) in [6.45, 7) is 5.46. The third-order valence-corrected chi connectivity index (χ3v) is 6.68. The maximum atomic E-state index is 12.4. The number of hydrogen-bond donors (Lipinski definition) is 1. The van der Waals surface area contributed by atoms with Gasteiger partial charge in [0.1, 0.15) is 27.7 Å². The highest BCUT2D eigenvalue weighted by Crippen LogP contribution is 2.41. The van der Waals surface area contributed by atoms with Gasteiger partial charge in [-0.05, 0) is 51.7 Å². The smallest absolute Gasteiger partial charge is 0.243 e. The van der Waals surface area contributed by atoms with Crippen LogP contribution in [0.1, 0.15) is 50.3 Å². The number of nitrogens with zero attached hydrogens (tertiary/aromatic N) is 5. The molecule has 150 valence electrons. The van der Waals surface area contributed by atoms with Gasteiger partial charge in [-0.2, -0.15) is 5.26 Å². The highest BCUT2D eigenvalue weighted by Gasteiger charge is 2.30. The fourth-order valence-corrected chi connectivity index (χ4v) is 4.73. The molecule has 0 spiro atoms. The maximum absolute atomic E-state index is 12.4. The summed E-state index contributed by atoms with van der Waals surface area (Å²) in [7, 11) is -3.68. The van der Waals surface area contributed by atoms with E-state index in [1.54, 1.807) is 20.0 Å². The molecule has 1 N–H and O–H groups in total. The van der Waals surface area contributed by atoms with E-state index in [-0.39, 0.29) is 17.0 Å². The first-order valence-electron chi connectivity index (χ1n) is 9.57. The highest BCUT2D eigenvalue weighted by atomic mass is 32.2. The molecule has 1 fully saturated rings. The minimum Gasteiger partial charge on any atom is -0.332 e. The summed E-state index contributed by atoms with van der Waals surface area (Å²) in [6, 6.07) is 4.30. The Morgan fingerprint density at radius 2 is 1.90 bits per heavy atom. The van der Waals surface area contributed by atoms with Crippen LogP contribution < -0.4 is 4.72 Å². The summed E-state index contributed by atoms with van der Waals surface area (Å²) in [5, 5.41) is 9.85. The van der Waals surface area contributed by atoms with Crippen molar-refractivity contribution in [2.75, 3.05) is 0 Å². The minimum atomic E-state index is -3.68. The van der Waals surface area contributed by atoms with Gasteiger partial charge in [0.05, 0.1) is 17.9 Å². The molecule has 3 aromatic heterocycles. The average molecular weight is 411 g/mol. The Morgan fingerprint density at radius 1 is 1.21 bits per heavy atom. The van der Waals surface area contributed by atoms with Crippen LogP contribution in [0.25, 0.3) is 22.6 Å². The molecule has 1 aliphatic rings. The van der Waals surface area contributed by atoms with Gasteiger partial charge in [-0.15, -0.1) is 0 Å². The van der Waals surface area contributed by atoms with Gasteiger partial charge < -0.3 is 4.57 Å². The van der Waals surface area contributed by atoms with Crippen LogP contribution >= 0.6 is 0 Å². The van der Waals surface area contributed by atoms with Gasteiger partial charge in [0, 0.05) is 18.3 Å². The van der Waals surface area contributed by atoms with Crippen LogP contribution in [0.2, 0.25) is 0 Å². The van der Waals surface area contributed by atoms with E-state index in [4.69, 9.17) is 0 Å². The van der Waals surface area contributed by atoms with E-state index in [1.165, 1.54) is 12.4 Å². The summed E-state index contributed by atoms with van der Waals surface area (Å²) >= 11 is 0. The number of nitrogens with one attached hydrogen (secondary N) is 1. The largest absolute Gasteiger partial charge is 0.332 e. The molecule has 8 nitrogen and oxygen atoms in total. The fraction of sp³-hybridized carbons (Fsp3) is 0.400. The number of aromatic nitrogens is 4. The van der Waals surface area contributed by atoms with E-state index < -0.39 is 10.0 Å². The van der Waals surface area contributed by atoms with Crippen LogP contribution in [-0.2, 0) is 10.0 Å². The molecule has 0 bridgehead atoms. The summed E-state index contributed by atoms with van der Waals surface area (Å²) < 4.78 is 29.3. The Balaban J connectivity index is 1.89. The molecule has 0 aliphatic heterocycles. The molecule has 0 radical (unpaired) electrons. The summed E-state index contributed by atoms with van der Waals surface area (Å²) in [6.07, 6.45) is 7.47. The molecule has 3 aromatic rings. The quantitative estimate of drug-likeness (QED) is 0.691.